The van der Waals surface area contributed by atoms with E-state index in [1.807, 2.05) is 0 Å². The highest BCUT2D eigenvalue weighted by atomic mass is 79.9. The number of rotatable bonds is 0. The molecule has 0 saturated carbocycles. The minimum atomic E-state index is 0.848. The lowest BCUT2D eigenvalue weighted by Gasteiger charge is -2.09. The van der Waals surface area contributed by atoms with Crippen molar-refractivity contribution >= 4 is 21.6 Å². The topological polar surface area (TPSA) is 12.4 Å². The van der Waals surface area contributed by atoms with Crippen molar-refractivity contribution in [3.63, 3.8) is 0 Å². The number of hydrogen-bond donors (Lipinski definition) is 0. The Morgan fingerprint density at radius 2 is 2.00 bits per heavy atom. The van der Waals surface area contributed by atoms with Crippen LogP contribution in [0.5, 0.6) is 0 Å². The third-order valence-corrected chi connectivity index (χ3v) is 3.69. The zero-order valence-electron chi connectivity index (χ0n) is 8.11. The summed E-state index contributed by atoms with van der Waals surface area (Å²) in [6, 6.07) is 2.25. The largest absolute Gasteiger partial charge is 0.285 e. The highest BCUT2D eigenvalue weighted by molar-refractivity contribution is 9.10. The van der Waals surface area contributed by atoms with Crippen molar-refractivity contribution in [2.45, 2.75) is 27.3 Å². The molecule has 1 aromatic carbocycles. The van der Waals surface area contributed by atoms with E-state index in [1.54, 1.807) is 0 Å². The third-order valence-electron chi connectivity index (χ3n) is 2.70. The van der Waals surface area contributed by atoms with Crippen LogP contribution in [-0.2, 0) is 6.54 Å². The van der Waals surface area contributed by atoms with Gasteiger partial charge in [0, 0.05) is 15.7 Å². The van der Waals surface area contributed by atoms with Crippen molar-refractivity contribution in [3.05, 3.63) is 32.8 Å². The molecule has 2 rings (SSSR count). The van der Waals surface area contributed by atoms with Gasteiger partial charge >= 0.3 is 0 Å². The molecule has 0 spiro atoms. The summed E-state index contributed by atoms with van der Waals surface area (Å²) in [6.45, 7) is 7.21. The van der Waals surface area contributed by atoms with Crippen molar-refractivity contribution < 1.29 is 0 Å². The molecule has 0 amide bonds. The van der Waals surface area contributed by atoms with Crippen LogP contribution in [0, 0.1) is 13.8 Å². The smallest absolute Gasteiger partial charge is 0.0650 e. The van der Waals surface area contributed by atoms with E-state index in [9.17, 15) is 0 Å². The van der Waals surface area contributed by atoms with Crippen molar-refractivity contribution in [1.82, 2.24) is 0 Å². The minimum Gasteiger partial charge on any atom is -0.285 e. The molecule has 0 saturated heterocycles. The van der Waals surface area contributed by atoms with E-state index in [4.69, 9.17) is 0 Å². The first-order valence-corrected chi connectivity index (χ1v) is 5.20. The zero-order chi connectivity index (χ0) is 9.59. The fourth-order valence-corrected chi connectivity index (χ4v) is 2.60. The summed E-state index contributed by atoms with van der Waals surface area (Å²) in [4.78, 5) is 4.43. The molecule has 0 bridgehead atoms. The van der Waals surface area contributed by atoms with E-state index in [-0.39, 0.29) is 0 Å². The minimum absolute atomic E-state index is 0.848. The Hall–Kier alpha value is -0.630. The predicted octanol–water partition coefficient (Wildman–Crippen LogP) is 3.39. The summed E-state index contributed by atoms with van der Waals surface area (Å²) < 4.78 is 1.22. The lowest BCUT2D eigenvalue weighted by atomic mass is 9.99. The monoisotopic (exact) mass is 237 g/mol. The first-order valence-electron chi connectivity index (χ1n) is 4.41. The van der Waals surface area contributed by atoms with Crippen molar-refractivity contribution in [2.75, 3.05) is 0 Å². The molecule has 13 heavy (non-hydrogen) atoms. The normalized spacial score (nSPS) is 14.3. The van der Waals surface area contributed by atoms with E-state index >= 15 is 0 Å². The number of benzene rings is 1. The van der Waals surface area contributed by atoms with Gasteiger partial charge in [0.15, 0.2) is 0 Å². The van der Waals surface area contributed by atoms with Gasteiger partial charge in [-0.3, -0.25) is 4.99 Å². The Balaban J connectivity index is 2.74. The molecule has 0 fully saturated rings. The van der Waals surface area contributed by atoms with Gasteiger partial charge < -0.3 is 0 Å². The number of hydrogen-bond acceptors (Lipinski definition) is 1. The first-order chi connectivity index (χ1) is 6.11. The van der Waals surface area contributed by atoms with Crippen molar-refractivity contribution in [3.8, 4) is 0 Å². The molecule has 1 heterocycles. The second-order valence-corrected chi connectivity index (χ2v) is 4.36. The molecule has 0 unspecified atom stereocenters. The van der Waals surface area contributed by atoms with Gasteiger partial charge in [-0.05, 0) is 53.4 Å². The van der Waals surface area contributed by atoms with E-state index in [0.717, 1.165) is 12.3 Å². The summed E-state index contributed by atoms with van der Waals surface area (Å²) in [6.07, 6.45) is 0. The van der Waals surface area contributed by atoms with Crippen molar-refractivity contribution in [2.24, 2.45) is 4.99 Å². The maximum atomic E-state index is 4.43. The molecule has 0 N–H and O–H groups in total. The van der Waals surface area contributed by atoms with Crippen LogP contribution in [-0.4, -0.2) is 5.71 Å². The Bertz CT molecular complexity index is 405. The first kappa shape index (κ1) is 8.95. The molecular weight excluding hydrogens is 226 g/mol. The fourth-order valence-electron chi connectivity index (χ4n) is 1.74. The van der Waals surface area contributed by atoms with Crippen LogP contribution in [0.4, 0.5) is 0 Å². The van der Waals surface area contributed by atoms with Gasteiger partial charge in [-0.15, -0.1) is 0 Å². The lowest BCUT2D eigenvalue weighted by molar-refractivity contribution is 1.09. The standard InChI is InChI=1S/C11H12BrN/c1-6-4-9-5-13-8(3)10(9)11(12)7(6)2/h4H,5H2,1-3H3. The fraction of sp³-hybridized carbons (Fsp3) is 0.364. The van der Waals surface area contributed by atoms with Gasteiger partial charge in [0.05, 0.1) is 6.54 Å². The Labute approximate surface area is 87.0 Å². The van der Waals surface area contributed by atoms with Crippen LogP contribution in [0.1, 0.15) is 29.2 Å². The molecule has 68 valence electrons. The van der Waals surface area contributed by atoms with E-state index in [0.29, 0.717) is 0 Å². The highest BCUT2D eigenvalue weighted by Gasteiger charge is 2.17. The average Bonchev–Trinajstić information content (AvgIpc) is 2.43. The van der Waals surface area contributed by atoms with Crippen LogP contribution in [0.3, 0.4) is 0 Å². The number of aryl methyl sites for hydroxylation is 1. The Morgan fingerprint density at radius 1 is 1.31 bits per heavy atom. The molecule has 1 aromatic rings. The maximum Gasteiger partial charge on any atom is 0.0650 e. The molecule has 1 nitrogen and oxygen atoms in total. The molecule has 0 radical (unpaired) electrons. The number of halogens is 1. The third kappa shape index (κ3) is 1.24. The molecule has 0 aromatic heterocycles. The van der Waals surface area contributed by atoms with Crippen molar-refractivity contribution in [1.29, 1.82) is 0 Å². The second kappa shape index (κ2) is 2.95. The quantitative estimate of drug-likeness (QED) is 0.656. The van der Waals surface area contributed by atoms with Crippen LogP contribution >= 0.6 is 15.9 Å². The van der Waals surface area contributed by atoms with Gasteiger partial charge in [-0.1, -0.05) is 6.07 Å². The van der Waals surface area contributed by atoms with Crippen LogP contribution in [0.15, 0.2) is 15.5 Å². The average molecular weight is 238 g/mol. The maximum absolute atomic E-state index is 4.43. The van der Waals surface area contributed by atoms with E-state index in [2.05, 4.69) is 47.8 Å². The predicted molar refractivity (Wildman–Crippen MR) is 59.5 cm³/mol. The Kier molecular flexibility index (Phi) is 2.03. The van der Waals surface area contributed by atoms with Crippen LogP contribution in [0.2, 0.25) is 0 Å². The summed E-state index contributed by atoms with van der Waals surface area (Å²) >= 11 is 3.64. The SMILES string of the molecule is CC1=NCc2cc(C)c(C)c(Br)c21. The number of fused-ring (bicyclic) bond motifs is 1. The zero-order valence-corrected chi connectivity index (χ0v) is 9.70. The van der Waals surface area contributed by atoms with E-state index in [1.165, 1.54) is 26.7 Å². The van der Waals surface area contributed by atoms with Gasteiger partial charge in [0.1, 0.15) is 0 Å². The van der Waals surface area contributed by atoms with Gasteiger partial charge in [-0.25, -0.2) is 0 Å². The summed E-state index contributed by atoms with van der Waals surface area (Å²) in [7, 11) is 0. The summed E-state index contributed by atoms with van der Waals surface area (Å²) in [5.74, 6) is 0. The van der Waals surface area contributed by atoms with E-state index < -0.39 is 0 Å². The summed E-state index contributed by atoms with van der Waals surface area (Å²) in [5, 5.41) is 0. The number of nitrogens with zero attached hydrogens (tertiary/aromatic N) is 1. The van der Waals surface area contributed by atoms with Gasteiger partial charge in [0.2, 0.25) is 0 Å². The molecule has 2 heteroatoms. The second-order valence-electron chi connectivity index (χ2n) is 3.57. The lowest BCUT2D eigenvalue weighted by Crippen LogP contribution is -1.97. The number of aliphatic imine (C=N–C) groups is 1. The molecule has 1 aliphatic heterocycles. The molecule has 0 atom stereocenters. The van der Waals surface area contributed by atoms with Crippen LogP contribution in [0.25, 0.3) is 0 Å². The summed E-state index contributed by atoms with van der Waals surface area (Å²) in [5.41, 5.74) is 6.49. The van der Waals surface area contributed by atoms with Gasteiger partial charge in [0.25, 0.3) is 0 Å². The molecular formula is C11H12BrN. The molecule has 0 aliphatic carbocycles. The van der Waals surface area contributed by atoms with Gasteiger partial charge in [-0.2, -0.15) is 0 Å². The van der Waals surface area contributed by atoms with Crippen LogP contribution < -0.4 is 0 Å². The molecule has 1 aliphatic rings. The highest BCUT2D eigenvalue weighted by Crippen LogP contribution is 2.31. The Morgan fingerprint density at radius 3 is 2.69 bits per heavy atom.